The van der Waals surface area contributed by atoms with Gasteiger partial charge in [-0.05, 0) is 49.3 Å². The maximum absolute atomic E-state index is 12.7. The largest absolute Gasteiger partial charge is 0.339 e. The number of pyridine rings is 1. The lowest BCUT2D eigenvalue weighted by Gasteiger charge is -2.37. The van der Waals surface area contributed by atoms with Crippen molar-refractivity contribution >= 4 is 16.8 Å². The molecule has 1 amide bonds. The summed E-state index contributed by atoms with van der Waals surface area (Å²) in [5.41, 5.74) is 2.02. The molecule has 22 heavy (non-hydrogen) atoms. The van der Waals surface area contributed by atoms with E-state index in [0.29, 0.717) is 12.5 Å². The highest BCUT2D eigenvalue weighted by atomic mass is 16.2. The Kier molecular flexibility index (Phi) is 3.57. The minimum absolute atomic E-state index is 0.284. The zero-order valence-electron chi connectivity index (χ0n) is 12.9. The molecule has 1 saturated carbocycles. The van der Waals surface area contributed by atoms with Gasteiger partial charge in [0, 0.05) is 24.2 Å². The van der Waals surface area contributed by atoms with Crippen LogP contribution < -0.4 is 0 Å². The van der Waals surface area contributed by atoms with Gasteiger partial charge in [-0.1, -0.05) is 24.6 Å². The van der Waals surface area contributed by atoms with Gasteiger partial charge in [0.25, 0.3) is 0 Å². The lowest BCUT2D eigenvalue weighted by Crippen LogP contribution is -2.43. The van der Waals surface area contributed by atoms with Crippen molar-refractivity contribution in [3.8, 4) is 0 Å². The third kappa shape index (κ3) is 2.49. The summed E-state index contributed by atoms with van der Waals surface area (Å²) in [5.74, 6) is 1.05. The first kappa shape index (κ1) is 13.7. The first-order chi connectivity index (χ1) is 10.8. The quantitative estimate of drug-likeness (QED) is 0.867. The first-order valence-corrected chi connectivity index (χ1v) is 8.44. The molecule has 2 aliphatic rings. The van der Waals surface area contributed by atoms with Gasteiger partial charge in [0.05, 0.1) is 11.9 Å². The molecule has 1 aliphatic heterocycles. The number of carbonyl (C=O) groups is 1. The van der Waals surface area contributed by atoms with Gasteiger partial charge < -0.3 is 4.90 Å². The van der Waals surface area contributed by atoms with E-state index in [4.69, 9.17) is 0 Å². The average Bonchev–Trinajstić information content (AvgIpc) is 2.94. The van der Waals surface area contributed by atoms with Gasteiger partial charge >= 0.3 is 0 Å². The van der Waals surface area contributed by atoms with Crippen molar-refractivity contribution in [3.63, 3.8) is 0 Å². The van der Waals surface area contributed by atoms with Crippen LogP contribution in [0, 0.1) is 5.92 Å². The molecule has 1 saturated heterocycles. The van der Waals surface area contributed by atoms with Crippen molar-refractivity contribution < 1.29 is 4.79 Å². The molecule has 2 heterocycles. The Hall–Kier alpha value is -1.90. The molecular weight excluding hydrogens is 272 g/mol. The Balaban J connectivity index is 1.50. The van der Waals surface area contributed by atoms with E-state index in [0.717, 1.165) is 28.9 Å². The standard InChI is InChI=1S/C19H22N2O/c22-19(21-10-4-9-18(21)15-6-3-7-15)12-14-11-16-5-1-2-8-17(16)20-13-14/h1-2,5,8,11,13,15,18H,3-4,6-7,9-10,12H2/t18-/m0/s1. The summed E-state index contributed by atoms with van der Waals surface area (Å²) in [6.45, 7) is 0.945. The van der Waals surface area contributed by atoms with Crippen molar-refractivity contribution in [2.75, 3.05) is 6.54 Å². The van der Waals surface area contributed by atoms with Crippen LogP contribution in [0.1, 0.15) is 37.7 Å². The molecule has 1 aliphatic carbocycles. The Morgan fingerprint density at radius 2 is 2.05 bits per heavy atom. The van der Waals surface area contributed by atoms with E-state index < -0.39 is 0 Å². The van der Waals surface area contributed by atoms with E-state index in [1.807, 2.05) is 24.4 Å². The van der Waals surface area contributed by atoms with Crippen LogP contribution in [0.25, 0.3) is 10.9 Å². The topological polar surface area (TPSA) is 33.2 Å². The number of nitrogens with zero attached hydrogens (tertiary/aromatic N) is 2. The molecule has 1 aromatic carbocycles. The summed E-state index contributed by atoms with van der Waals surface area (Å²) >= 11 is 0. The number of benzene rings is 1. The van der Waals surface area contributed by atoms with Crippen LogP contribution in [0.4, 0.5) is 0 Å². The fraction of sp³-hybridized carbons (Fsp3) is 0.474. The molecular formula is C19H22N2O. The van der Waals surface area contributed by atoms with Crippen LogP contribution in [0.3, 0.4) is 0 Å². The maximum Gasteiger partial charge on any atom is 0.227 e. The van der Waals surface area contributed by atoms with Crippen LogP contribution >= 0.6 is 0 Å². The van der Waals surface area contributed by atoms with E-state index in [9.17, 15) is 4.79 Å². The summed E-state index contributed by atoms with van der Waals surface area (Å²) in [6.07, 6.45) is 8.68. The van der Waals surface area contributed by atoms with Gasteiger partial charge in [0.1, 0.15) is 0 Å². The highest BCUT2D eigenvalue weighted by molar-refractivity contribution is 5.83. The second-order valence-corrected chi connectivity index (χ2v) is 6.70. The number of hydrogen-bond donors (Lipinski definition) is 0. The molecule has 0 N–H and O–H groups in total. The zero-order valence-corrected chi connectivity index (χ0v) is 12.9. The average molecular weight is 294 g/mol. The van der Waals surface area contributed by atoms with Gasteiger partial charge in [0.2, 0.25) is 5.91 Å². The number of aromatic nitrogens is 1. The van der Waals surface area contributed by atoms with Gasteiger partial charge in [0.15, 0.2) is 0 Å². The summed E-state index contributed by atoms with van der Waals surface area (Å²) in [5, 5.41) is 1.12. The van der Waals surface area contributed by atoms with Crippen molar-refractivity contribution in [3.05, 3.63) is 42.1 Å². The Bertz CT molecular complexity index is 693. The summed E-state index contributed by atoms with van der Waals surface area (Å²) < 4.78 is 0. The number of fused-ring (bicyclic) bond motifs is 1. The Morgan fingerprint density at radius 1 is 1.18 bits per heavy atom. The molecule has 1 aromatic heterocycles. The van der Waals surface area contributed by atoms with Gasteiger partial charge in [-0.25, -0.2) is 0 Å². The lowest BCUT2D eigenvalue weighted by molar-refractivity contribution is -0.132. The van der Waals surface area contributed by atoms with E-state index in [-0.39, 0.29) is 5.91 Å². The molecule has 0 bridgehead atoms. The van der Waals surface area contributed by atoms with Crippen molar-refractivity contribution in [1.29, 1.82) is 0 Å². The molecule has 2 fully saturated rings. The van der Waals surface area contributed by atoms with Gasteiger partial charge in [-0.15, -0.1) is 0 Å². The molecule has 0 radical (unpaired) electrons. The summed E-state index contributed by atoms with van der Waals surface area (Å²) in [7, 11) is 0. The summed E-state index contributed by atoms with van der Waals surface area (Å²) in [6, 6.07) is 10.7. The number of hydrogen-bond acceptors (Lipinski definition) is 2. The Morgan fingerprint density at radius 3 is 2.86 bits per heavy atom. The van der Waals surface area contributed by atoms with Crippen LogP contribution in [0.2, 0.25) is 0 Å². The van der Waals surface area contributed by atoms with E-state index in [1.165, 1.54) is 32.1 Å². The van der Waals surface area contributed by atoms with Crippen LogP contribution in [-0.2, 0) is 11.2 Å². The number of amides is 1. The minimum Gasteiger partial charge on any atom is -0.339 e. The monoisotopic (exact) mass is 294 g/mol. The van der Waals surface area contributed by atoms with Crippen LogP contribution in [0.5, 0.6) is 0 Å². The molecule has 0 unspecified atom stereocenters. The molecule has 2 aromatic rings. The highest BCUT2D eigenvalue weighted by Crippen LogP contribution is 2.37. The fourth-order valence-corrected chi connectivity index (χ4v) is 3.91. The summed E-state index contributed by atoms with van der Waals surface area (Å²) in [4.78, 5) is 19.3. The first-order valence-electron chi connectivity index (χ1n) is 8.44. The number of likely N-dealkylation sites (tertiary alicyclic amines) is 1. The molecule has 3 nitrogen and oxygen atoms in total. The third-order valence-electron chi connectivity index (χ3n) is 5.32. The molecule has 1 atom stereocenters. The lowest BCUT2D eigenvalue weighted by atomic mass is 9.78. The predicted octanol–water partition coefficient (Wildman–Crippen LogP) is 3.57. The Labute approximate surface area is 131 Å². The van der Waals surface area contributed by atoms with Crippen molar-refractivity contribution in [2.45, 2.75) is 44.6 Å². The van der Waals surface area contributed by atoms with Crippen molar-refractivity contribution in [1.82, 2.24) is 9.88 Å². The number of rotatable bonds is 3. The number of para-hydroxylation sites is 1. The predicted molar refractivity (Wildman–Crippen MR) is 87.5 cm³/mol. The molecule has 3 heteroatoms. The van der Waals surface area contributed by atoms with E-state index >= 15 is 0 Å². The molecule has 4 rings (SSSR count). The minimum atomic E-state index is 0.284. The third-order valence-corrected chi connectivity index (χ3v) is 5.32. The smallest absolute Gasteiger partial charge is 0.227 e. The van der Waals surface area contributed by atoms with Crippen molar-refractivity contribution in [2.24, 2.45) is 5.92 Å². The SMILES string of the molecule is O=C(Cc1cnc2ccccc2c1)N1CCC[C@H]1C1CCC1. The van der Waals surface area contributed by atoms with Gasteiger partial charge in [-0.3, -0.25) is 9.78 Å². The molecule has 0 spiro atoms. The van der Waals surface area contributed by atoms with E-state index in [1.54, 1.807) is 0 Å². The fourth-order valence-electron chi connectivity index (χ4n) is 3.91. The van der Waals surface area contributed by atoms with E-state index in [2.05, 4.69) is 22.0 Å². The molecule has 114 valence electrons. The highest BCUT2D eigenvalue weighted by Gasteiger charge is 2.36. The van der Waals surface area contributed by atoms with Gasteiger partial charge in [-0.2, -0.15) is 0 Å². The number of carbonyl (C=O) groups excluding carboxylic acids is 1. The second kappa shape index (κ2) is 5.71. The second-order valence-electron chi connectivity index (χ2n) is 6.70. The normalized spacial score (nSPS) is 22.0. The maximum atomic E-state index is 12.7. The van der Waals surface area contributed by atoms with Crippen LogP contribution in [-0.4, -0.2) is 28.4 Å². The zero-order chi connectivity index (χ0) is 14.9. The van der Waals surface area contributed by atoms with Crippen LogP contribution in [0.15, 0.2) is 36.5 Å².